The summed E-state index contributed by atoms with van der Waals surface area (Å²) in [5.74, 6) is 0.511. The molecule has 6 nitrogen and oxygen atoms in total. The Bertz CT molecular complexity index is 796. The van der Waals surface area contributed by atoms with Crippen molar-refractivity contribution in [3.8, 4) is 28.7 Å². The van der Waals surface area contributed by atoms with E-state index < -0.39 is 0 Å². The Morgan fingerprint density at radius 2 is 1.81 bits per heavy atom. The van der Waals surface area contributed by atoms with E-state index in [9.17, 15) is 15.3 Å². The van der Waals surface area contributed by atoms with E-state index in [4.69, 9.17) is 9.47 Å². The molecule has 2 atom stereocenters. The molecule has 0 saturated carbocycles. The van der Waals surface area contributed by atoms with Crippen LogP contribution in [-0.2, 0) is 12.8 Å². The lowest BCUT2D eigenvalue weighted by atomic mass is 9.87. The number of ether oxygens (including phenoxy) is 2. The van der Waals surface area contributed by atoms with Gasteiger partial charge < -0.3 is 42.1 Å². The molecule has 0 fully saturated rings. The topological polar surface area (TPSA) is 83.6 Å². The van der Waals surface area contributed by atoms with Crippen molar-refractivity contribution >= 4 is 0 Å². The third-order valence-corrected chi connectivity index (χ3v) is 4.98. The minimum atomic E-state index is -0.218. The zero-order chi connectivity index (χ0) is 18.1. The lowest BCUT2D eigenvalue weighted by Crippen LogP contribution is -3.10. The van der Waals surface area contributed by atoms with Crippen LogP contribution in [0.4, 0.5) is 0 Å². The van der Waals surface area contributed by atoms with Crippen molar-refractivity contribution in [2.24, 2.45) is 0 Å². The zero-order valence-electron chi connectivity index (χ0n) is 15.0. The molecule has 3 rings (SSSR count). The molecule has 0 aromatic heterocycles. The van der Waals surface area contributed by atoms with Crippen LogP contribution in [0.25, 0.3) is 0 Å². The maximum absolute atomic E-state index is 10.2. The van der Waals surface area contributed by atoms with Gasteiger partial charge in [-0.25, -0.2) is 0 Å². The van der Waals surface area contributed by atoms with Crippen molar-refractivity contribution in [1.29, 1.82) is 0 Å². The predicted octanol–water partition coefficient (Wildman–Crippen LogP) is -1.82. The number of aromatic hydroxyl groups is 3. The maximum atomic E-state index is 10.2. The summed E-state index contributed by atoms with van der Waals surface area (Å²) >= 11 is 0. The molecule has 2 aromatic rings. The minimum Gasteiger partial charge on any atom is -1.00 e. The monoisotopic (exact) mass is 381 g/mol. The van der Waals surface area contributed by atoms with Crippen molar-refractivity contribution in [2.75, 3.05) is 27.8 Å². The molecule has 0 bridgehead atoms. The van der Waals surface area contributed by atoms with Crippen LogP contribution in [-0.4, -0.2) is 43.1 Å². The van der Waals surface area contributed by atoms with Gasteiger partial charge in [0.15, 0.2) is 23.0 Å². The average Bonchev–Trinajstić information content (AvgIpc) is 2.60. The van der Waals surface area contributed by atoms with E-state index in [1.54, 1.807) is 12.1 Å². The van der Waals surface area contributed by atoms with Gasteiger partial charge in [0.2, 0.25) is 5.75 Å². The fraction of sp³-hybridized carbons (Fsp3) is 0.368. The van der Waals surface area contributed by atoms with Crippen molar-refractivity contribution < 1.29 is 42.1 Å². The highest BCUT2D eigenvalue weighted by atomic mass is 35.5. The Hall–Kier alpha value is -2.31. The van der Waals surface area contributed by atoms with Gasteiger partial charge in [-0.3, -0.25) is 0 Å². The zero-order valence-corrected chi connectivity index (χ0v) is 15.8. The van der Waals surface area contributed by atoms with Crippen LogP contribution in [0.3, 0.4) is 0 Å². The molecule has 4 N–H and O–H groups in total. The molecule has 1 aliphatic rings. The van der Waals surface area contributed by atoms with Gasteiger partial charge in [-0.15, -0.1) is 0 Å². The SMILES string of the molecule is COc1cc(CC2c3c(cc(O)c(O)c3OC)CC[NH+]2C)ccc1O.[Cl-]. The fourth-order valence-electron chi connectivity index (χ4n) is 3.61. The Balaban J connectivity index is 0.00000243. The highest BCUT2D eigenvalue weighted by molar-refractivity contribution is 5.59. The number of likely N-dealkylation sites (N-methyl/N-ethyl adjacent to an activating group) is 1. The van der Waals surface area contributed by atoms with E-state index in [1.165, 1.54) is 19.1 Å². The molecule has 0 aliphatic carbocycles. The molecule has 0 spiro atoms. The first-order chi connectivity index (χ1) is 12.0. The van der Waals surface area contributed by atoms with Gasteiger partial charge in [0.1, 0.15) is 6.04 Å². The standard InChI is InChI=1S/C19H23NO5.ClH/c1-20-7-6-12-10-15(22)18(23)19(25-3)17(12)13(20)8-11-4-5-14(21)16(9-11)24-2;/h4-5,9-10,13,21-23H,6-8H2,1-3H3;1H. The summed E-state index contributed by atoms with van der Waals surface area (Å²) in [4.78, 5) is 1.29. The van der Waals surface area contributed by atoms with Crippen molar-refractivity contribution in [3.63, 3.8) is 0 Å². The third kappa shape index (κ3) is 3.48. The van der Waals surface area contributed by atoms with Gasteiger partial charge in [0, 0.05) is 12.8 Å². The Labute approximate surface area is 159 Å². The molecule has 2 aromatic carbocycles. The van der Waals surface area contributed by atoms with Gasteiger partial charge in [0.05, 0.1) is 33.4 Å². The number of hydrogen-bond acceptors (Lipinski definition) is 5. The molecule has 26 heavy (non-hydrogen) atoms. The van der Waals surface area contributed by atoms with Crippen LogP contribution in [0.15, 0.2) is 24.3 Å². The smallest absolute Gasteiger partial charge is 0.201 e. The number of fused-ring (bicyclic) bond motifs is 1. The summed E-state index contributed by atoms with van der Waals surface area (Å²) < 4.78 is 10.6. The first kappa shape index (κ1) is 20.0. The summed E-state index contributed by atoms with van der Waals surface area (Å²) in [6, 6.07) is 7.00. The van der Waals surface area contributed by atoms with Crippen LogP contribution in [0.1, 0.15) is 22.7 Å². The summed E-state index contributed by atoms with van der Waals surface area (Å²) in [7, 11) is 5.13. The minimum absolute atomic E-state index is 0. The molecule has 2 unspecified atom stereocenters. The largest absolute Gasteiger partial charge is 1.00 e. The Kier molecular flexibility index (Phi) is 6.10. The highest BCUT2D eigenvalue weighted by Gasteiger charge is 2.34. The Morgan fingerprint density at radius 3 is 2.46 bits per heavy atom. The summed E-state index contributed by atoms with van der Waals surface area (Å²) in [5, 5.41) is 29.9. The number of halogens is 1. The van der Waals surface area contributed by atoms with Crippen LogP contribution in [0, 0.1) is 0 Å². The van der Waals surface area contributed by atoms with E-state index in [2.05, 4.69) is 7.05 Å². The maximum Gasteiger partial charge on any atom is 0.201 e. The number of hydrogen-bond donors (Lipinski definition) is 4. The number of quaternary nitrogens is 1. The number of nitrogens with one attached hydrogen (secondary N) is 1. The molecule has 0 amide bonds. The van der Waals surface area contributed by atoms with Gasteiger partial charge in [-0.2, -0.15) is 0 Å². The second-order valence-electron chi connectivity index (χ2n) is 6.46. The first-order valence-electron chi connectivity index (χ1n) is 8.26. The number of benzene rings is 2. The lowest BCUT2D eigenvalue weighted by Gasteiger charge is -2.33. The van der Waals surface area contributed by atoms with Gasteiger partial charge in [0.25, 0.3) is 0 Å². The summed E-state index contributed by atoms with van der Waals surface area (Å²) in [5.41, 5.74) is 2.93. The van der Waals surface area contributed by atoms with Gasteiger partial charge in [-0.05, 0) is 29.3 Å². The lowest BCUT2D eigenvalue weighted by molar-refractivity contribution is -0.914. The van der Waals surface area contributed by atoms with E-state index in [-0.39, 0.29) is 35.7 Å². The first-order valence-corrected chi connectivity index (χ1v) is 8.26. The van der Waals surface area contributed by atoms with E-state index >= 15 is 0 Å². The second kappa shape index (κ2) is 7.93. The molecule has 1 heterocycles. The summed E-state index contributed by atoms with van der Waals surface area (Å²) in [6.07, 6.45) is 1.50. The molecular weight excluding hydrogens is 358 g/mol. The van der Waals surface area contributed by atoms with Crippen molar-refractivity contribution in [1.82, 2.24) is 0 Å². The highest BCUT2D eigenvalue weighted by Crippen LogP contribution is 2.44. The molecule has 0 radical (unpaired) electrons. The van der Waals surface area contributed by atoms with Gasteiger partial charge in [-0.1, -0.05) is 6.07 Å². The molecule has 0 saturated heterocycles. The molecule has 1 aliphatic heterocycles. The molecule has 142 valence electrons. The third-order valence-electron chi connectivity index (χ3n) is 4.98. The quantitative estimate of drug-likeness (QED) is 0.469. The van der Waals surface area contributed by atoms with E-state index in [0.29, 0.717) is 17.9 Å². The van der Waals surface area contributed by atoms with Crippen LogP contribution >= 0.6 is 0 Å². The van der Waals surface area contributed by atoms with Crippen LogP contribution < -0.4 is 26.8 Å². The van der Waals surface area contributed by atoms with Crippen LogP contribution in [0.5, 0.6) is 28.7 Å². The second-order valence-corrected chi connectivity index (χ2v) is 6.46. The molecular formula is C19H24ClNO5. The number of phenolic OH excluding ortho intramolecular Hbond substituents is 3. The van der Waals surface area contributed by atoms with E-state index in [0.717, 1.165) is 29.7 Å². The van der Waals surface area contributed by atoms with Gasteiger partial charge >= 0.3 is 0 Å². The van der Waals surface area contributed by atoms with Crippen LogP contribution in [0.2, 0.25) is 0 Å². The normalized spacial score (nSPS) is 18.6. The van der Waals surface area contributed by atoms with Crippen molar-refractivity contribution in [2.45, 2.75) is 18.9 Å². The number of phenols is 3. The number of methoxy groups -OCH3 is 2. The Morgan fingerprint density at radius 1 is 1.08 bits per heavy atom. The fourth-order valence-corrected chi connectivity index (χ4v) is 3.61. The average molecular weight is 382 g/mol. The summed E-state index contributed by atoms with van der Waals surface area (Å²) in [6.45, 7) is 0.917. The molecule has 7 heteroatoms. The van der Waals surface area contributed by atoms with Crippen molar-refractivity contribution in [3.05, 3.63) is 41.0 Å². The number of rotatable bonds is 4. The van der Waals surface area contributed by atoms with E-state index in [1.807, 2.05) is 12.1 Å². The predicted molar refractivity (Wildman–Crippen MR) is 92.9 cm³/mol.